The van der Waals surface area contributed by atoms with Crippen LogP contribution in [0.4, 0.5) is 0 Å². The van der Waals surface area contributed by atoms with Gasteiger partial charge in [0.25, 0.3) is 0 Å². The fraction of sp³-hybridized carbons (Fsp3) is 0.462. The van der Waals surface area contributed by atoms with E-state index in [0.717, 1.165) is 42.0 Å². The molecule has 0 aromatic heterocycles. The van der Waals surface area contributed by atoms with Crippen LogP contribution in [0, 0.1) is 0 Å². The highest BCUT2D eigenvalue weighted by Gasteiger charge is 2.37. The lowest BCUT2D eigenvalue weighted by atomic mass is 9.95. The van der Waals surface area contributed by atoms with Crippen LogP contribution in [0.5, 0.6) is 5.75 Å². The molecule has 0 saturated heterocycles. The van der Waals surface area contributed by atoms with Crippen LogP contribution in [0.3, 0.4) is 0 Å². The molecule has 0 bridgehead atoms. The molecule has 2 N–H and O–H groups in total. The van der Waals surface area contributed by atoms with Crippen molar-refractivity contribution in [3.8, 4) is 5.75 Å². The molecule has 2 aromatic carbocycles. The summed E-state index contributed by atoms with van der Waals surface area (Å²) < 4.78 is 33.1. The van der Waals surface area contributed by atoms with Gasteiger partial charge in [-0.15, -0.1) is 0 Å². The molecule has 0 spiro atoms. The summed E-state index contributed by atoms with van der Waals surface area (Å²) in [6.07, 6.45) is 4.89. The number of carbonyl (C=O) groups is 2. The standard InChI is InChI=1S/C26H34N2O6S2/c1-34-22-12-14-23(15-13-22)36(32,33)28(18-25(29)27-21-10-6-3-7-11-21)24(26(30)31)16-17-35-19-20-8-4-2-5-9-20/h2,4-5,8-9,12-15,21,24H,3,6-7,10-11,16-19H2,1H3,(H,27,29)(H,30,31). The van der Waals surface area contributed by atoms with Crippen molar-refractivity contribution >= 4 is 33.7 Å². The van der Waals surface area contributed by atoms with Gasteiger partial charge in [0, 0.05) is 11.8 Å². The third kappa shape index (κ3) is 7.97. The summed E-state index contributed by atoms with van der Waals surface area (Å²) in [6.45, 7) is -0.550. The van der Waals surface area contributed by atoms with Gasteiger partial charge in [-0.05, 0) is 54.8 Å². The molecule has 1 aliphatic carbocycles. The van der Waals surface area contributed by atoms with E-state index in [1.165, 1.54) is 43.1 Å². The molecule has 36 heavy (non-hydrogen) atoms. The number of aliphatic carboxylic acids is 1. The van der Waals surface area contributed by atoms with Gasteiger partial charge in [0.2, 0.25) is 15.9 Å². The zero-order valence-electron chi connectivity index (χ0n) is 20.5. The Bertz CT molecular complexity index is 1090. The Balaban J connectivity index is 1.78. The Morgan fingerprint density at radius 3 is 2.36 bits per heavy atom. The Kier molecular flexibility index (Phi) is 10.6. The maximum absolute atomic E-state index is 13.6. The van der Waals surface area contributed by atoms with Crippen molar-refractivity contribution in [3.05, 3.63) is 60.2 Å². The van der Waals surface area contributed by atoms with E-state index in [4.69, 9.17) is 4.74 Å². The molecule has 1 aliphatic rings. The zero-order valence-corrected chi connectivity index (χ0v) is 22.1. The summed E-state index contributed by atoms with van der Waals surface area (Å²) in [4.78, 5) is 25.1. The highest BCUT2D eigenvalue weighted by atomic mass is 32.2. The average Bonchev–Trinajstić information content (AvgIpc) is 2.88. The zero-order chi connectivity index (χ0) is 26.0. The van der Waals surface area contributed by atoms with Crippen molar-refractivity contribution in [3.63, 3.8) is 0 Å². The summed E-state index contributed by atoms with van der Waals surface area (Å²) in [7, 11) is -2.80. The van der Waals surface area contributed by atoms with Gasteiger partial charge in [0.05, 0.1) is 18.6 Å². The predicted molar refractivity (Wildman–Crippen MR) is 141 cm³/mol. The number of hydrogen-bond donors (Lipinski definition) is 2. The minimum absolute atomic E-state index is 0.0125. The molecule has 0 aliphatic heterocycles. The van der Waals surface area contributed by atoms with Crippen molar-refractivity contribution < 1.29 is 27.9 Å². The van der Waals surface area contributed by atoms with E-state index in [0.29, 0.717) is 17.3 Å². The number of carboxylic acid groups (broad SMARTS) is 1. The number of thioether (sulfide) groups is 1. The van der Waals surface area contributed by atoms with Crippen LogP contribution < -0.4 is 10.1 Å². The number of ether oxygens (including phenoxy) is 1. The van der Waals surface area contributed by atoms with Crippen LogP contribution in [0.15, 0.2) is 59.5 Å². The molecule has 8 nitrogen and oxygen atoms in total. The van der Waals surface area contributed by atoms with E-state index < -0.39 is 34.5 Å². The average molecular weight is 535 g/mol. The van der Waals surface area contributed by atoms with Crippen LogP contribution in [0.2, 0.25) is 0 Å². The number of nitrogens with zero attached hydrogens (tertiary/aromatic N) is 1. The first-order valence-corrected chi connectivity index (χ1v) is 14.7. The fourth-order valence-corrected chi connectivity index (χ4v) is 6.79. The summed E-state index contributed by atoms with van der Waals surface area (Å²) in [5, 5.41) is 12.9. The number of benzene rings is 2. The number of nitrogens with one attached hydrogen (secondary N) is 1. The van der Waals surface area contributed by atoms with Gasteiger partial charge in [0.1, 0.15) is 11.8 Å². The van der Waals surface area contributed by atoms with E-state index >= 15 is 0 Å². The van der Waals surface area contributed by atoms with Crippen molar-refractivity contribution in [2.75, 3.05) is 19.4 Å². The van der Waals surface area contributed by atoms with Gasteiger partial charge >= 0.3 is 5.97 Å². The van der Waals surface area contributed by atoms with Gasteiger partial charge in [-0.25, -0.2) is 8.42 Å². The van der Waals surface area contributed by atoms with E-state index in [-0.39, 0.29) is 17.4 Å². The molecule has 0 heterocycles. The first kappa shape index (κ1) is 28.0. The summed E-state index contributed by atoms with van der Waals surface area (Å²) in [5.74, 6) is -0.187. The SMILES string of the molecule is COc1ccc(S(=O)(=O)N(CC(=O)NC2CCCCC2)C(CCSCc2ccccc2)C(=O)O)cc1. The second-order valence-electron chi connectivity index (χ2n) is 8.81. The maximum Gasteiger partial charge on any atom is 0.322 e. The molecule has 1 saturated carbocycles. The quantitative estimate of drug-likeness (QED) is 0.375. The third-order valence-electron chi connectivity index (χ3n) is 6.22. The van der Waals surface area contributed by atoms with Crippen molar-refractivity contribution in [1.82, 2.24) is 9.62 Å². The molecule has 1 fully saturated rings. The summed E-state index contributed by atoms with van der Waals surface area (Å²) in [5.41, 5.74) is 1.10. The number of hydrogen-bond acceptors (Lipinski definition) is 6. The molecular formula is C26H34N2O6S2. The third-order valence-corrected chi connectivity index (χ3v) is 9.15. The second kappa shape index (κ2) is 13.7. The number of sulfonamides is 1. The first-order chi connectivity index (χ1) is 17.3. The van der Waals surface area contributed by atoms with Crippen LogP contribution in [0.25, 0.3) is 0 Å². The Hall–Kier alpha value is -2.56. The smallest absolute Gasteiger partial charge is 0.322 e. The fourth-order valence-electron chi connectivity index (χ4n) is 4.26. The number of methoxy groups -OCH3 is 1. The van der Waals surface area contributed by atoms with Gasteiger partial charge in [-0.3, -0.25) is 9.59 Å². The topological polar surface area (TPSA) is 113 Å². The Morgan fingerprint density at radius 2 is 1.75 bits per heavy atom. The van der Waals surface area contributed by atoms with Crippen molar-refractivity contribution in [1.29, 1.82) is 0 Å². The van der Waals surface area contributed by atoms with E-state index in [2.05, 4.69) is 5.32 Å². The van der Waals surface area contributed by atoms with Gasteiger partial charge < -0.3 is 15.2 Å². The number of amides is 1. The number of rotatable bonds is 13. The van der Waals surface area contributed by atoms with E-state index in [1.54, 1.807) is 0 Å². The molecular weight excluding hydrogens is 500 g/mol. The van der Waals surface area contributed by atoms with Crippen molar-refractivity contribution in [2.24, 2.45) is 0 Å². The molecule has 10 heteroatoms. The van der Waals surface area contributed by atoms with E-state index in [9.17, 15) is 23.1 Å². The monoisotopic (exact) mass is 534 g/mol. The lowest BCUT2D eigenvalue weighted by Crippen LogP contribution is -2.51. The minimum atomic E-state index is -4.27. The van der Waals surface area contributed by atoms with Gasteiger partial charge in [-0.2, -0.15) is 16.1 Å². The van der Waals surface area contributed by atoms with Crippen LogP contribution in [-0.2, 0) is 25.4 Å². The Labute approximate surface area is 217 Å². The normalized spacial score (nSPS) is 15.4. The first-order valence-electron chi connectivity index (χ1n) is 12.1. The lowest BCUT2D eigenvalue weighted by molar-refractivity contribution is -0.141. The molecule has 1 unspecified atom stereocenters. The molecule has 0 radical (unpaired) electrons. The lowest BCUT2D eigenvalue weighted by Gasteiger charge is -2.29. The highest BCUT2D eigenvalue weighted by molar-refractivity contribution is 7.98. The molecule has 196 valence electrons. The van der Waals surface area contributed by atoms with Crippen LogP contribution in [-0.4, -0.2) is 61.2 Å². The summed E-state index contributed by atoms with van der Waals surface area (Å²) >= 11 is 1.53. The predicted octanol–water partition coefficient (Wildman–Crippen LogP) is 3.91. The second-order valence-corrected chi connectivity index (χ2v) is 11.8. The number of carboxylic acids is 1. The van der Waals surface area contributed by atoms with Gasteiger partial charge in [-0.1, -0.05) is 49.6 Å². The minimum Gasteiger partial charge on any atom is -0.497 e. The summed E-state index contributed by atoms with van der Waals surface area (Å²) in [6, 6.07) is 14.1. The number of carbonyl (C=O) groups excluding carboxylic acids is 1. The maximum atomic E-state index is 13.6. The molecule has 3 rings (SSSR count). The van der Waals surface area contributed by atoms with Crippen LogP contribution >= 0.6 is 11.8 Å². The largest absolute Gasteiger partial charge is 0.497 e. The van der Waals surface area contributed by atoms with Gasteiger partial charge in [0.15, 0.2) is 0 Å². The van der Waals surface area contributed by atoms with E-state index in [1.807, 2.05) is 30.3 Å². The molecule has 1 amide bonds. The molecule has 1 atom stereocenters. The highest BCUT2D eigenvalue weighted by Crippen LogP contribution is 2.24. The molecule has 2 aromatic rings. The Morgan fingerprint density at radius 1 is 1.08 bits per heavy atom. The van der Waals surface area contributed by atoms with Crippen molar-refractivity contribution in [2.45, 2.75) is 61.3 Å². The van der Waals surface area contributed by atoms with Crippen LogP contribution in [0.1, 0.15) is 44.1 Å².